The van der Waals surface area contributed by atoms with Crippen molar-refractivity contribution in [1.82, 2.24) is 9.97 Å². The molecule has 0 saturated carbocycles. The van der Waals surface area contributed by atoms with Crippen LogP contribution in [0, 0.1) is 0 Å². The molecule has 0 amide bonds. The fourth-order valence-corrected chi connectivity index (χ4v) is 2.94. The van der Waals surface area contributed by atoms with Crippen LogP contribution < -0.4 is 4.74 Å². The van der Waals surface area contributed by atoms with E-state index >= 15 is 0 Å². The number of hydrogen-bond donors (Lipinski definition) is 1. The molecule has 3 nitrogen and oxygen atoms in total. The van der Waals surface area contributed by atoms with E-state index in [0.29, 0.717) is 26.6 Å². The highest BCUT2D eigenvalue weighted by atomic mass is 35.5. The van der Waals surface area contributed by atoms with Crippen LogP contribution in [-0.4, -0.2) is 9.97 Å². The predicted molar refractivity (Wildman–Crippen MR) is 103 cm³/mol. The number of halogens is 3. The third-order valence-corrected chi connectivity index (χ3v) is 4.67. The van der Waals surface area contributed by atoms with Gasteiger partial charge < -0.3 is 9.72 Å². The van der Waals surface area contributed by atoms with E-state index in [1.165, 1.54) is 0 Å². The third-order valence-electron chi connectivity index (χ3n) is 3.70. The molecule has 0 aliphatic heterocycles. The largest absolute Gasteiger partial charge is 0.457 e. The molecule has 4 aromatic rings. The second-order valence-corrected chi connectivity index (χ2v) is 6.70. The molecule has 0 aliphatic rings. The van der Waals surface area contributed by atoms with Gasteiger partial charge in [-0.2, -0.15) is 0 Å². The second kappa shape index (κ2) is 6.60. The second-order valence-electron chi connectivity index (χ2n) is 5.45. The Bertz CT molecular complexity index is 1060. The van der Waals surface area contributed by atoms with Gasteiger partial charge in [-0.3, -0.25) is 0 Å². The van der Waals surface area contributed by atoms with Gasteiger partial charge in [0.15, 0.2) is 0 Å². The minimum Gasteiger partial charge on any atom is -0.457 e. The summed E-state index contributed by atoms with van der Waals surface area (Å²) in [5, 5.41) is 1.62. The highest BCUT2D eigenvalue weighted by Crippen LogP contribution is 2.30. The first-order valence-electron chi connectivity index (χ1n) is 7.47. The molecule has 0 spiro atoms. The third kappa shape index (κ3) is 3.45. The van der Waals surface area contributed by atoms with Crippen molar-refractivity contribution >= 4 is 45.8 Å². The Morgan fingerprint density at radius 3 is 2.28 bits per heavy atom. The van der Waals surface area contributed by atoms with Crippen LogP contribution in [0.25, 0.3) is 22.4 Å². The van der Waals surface area contributed by atoms with Crippen LogP contribution in [0.5, 0.6) is 11.5 Å². The molecule has 0 radical (unpaired) electrons. The van der Waals surface area contributed by atoms with Gasteiger partial charge in [-0.25, -0.2) is 4.98 Å². The number of H-pyrrole nitrogens is 1. The molecule has 0 bridgehead atoms. The minimum atomic E-state index is 0.455. The van der Waals surface area contributed by atoms with E-state index in [2.05, 4.69) is 9.97 Å². The van der Waals surface area contributed by atoms with Crippen molar-refractivity contribution in [2.24, 2.45) is 0 Å². The first kappa shape index (κ1) is 16.3. The fraction of sp³-hybridized carbons (Fsp3) is 0. The molecule has 1 heterocycles. The first-order chi connectivity index (χ1) is 12.1. The van der Waals surface area contributed by atoms with Crippen molar-refractivity contribution in [3.63, 3.8) is 0 Å². The molecule has 25 heavy (non-hydrogen) atoms. The van der Waals surface area contributed by atoms with Crippen LogP contribution in [0.1, 0.15) is 0 Å². The Kier molecular flexibility index (Phi) is 4.30. The number of aromatic amines is 1. The van der Waals surface area contributed by atoms with Gasteiger partial charge in [-0.05, 0) is 54.6 Å². The van der Waals surface area contributed by atoms with Gasteiger partial charge in [0.1, 0.15) is 17.3 Å². The Morgan fingerprint density at radius 1 is 0.760 bits per heavy atom. The van der Waals surface area contributed by atoms with Crippen molar-refractivity contribution in [2.75, 3.05) is 0 Å². The van der Waals surface area contributed by atoms with E-state index in [1.807, 2.05) is 42.5 Å². The monoisotopic (exact) mass is 388 g/mol. The first-order valence-corrected chi connectivity index (χ1v) is 8.60. The number of fused-ring (bicyclic) bond motifs is 1. The van der Waals surface area contributed by atoms with Crippen LogP contribution in [0.3, 0.4) is 0 Å². The van der Waals surface area contributed by atoms with Crippen molar-refractivity contribution in [1.29, 1.82) is 0 Å². The molecular weight excluding hydrogens is 379 g/mol. The van der Waals surface area contributed by atoms with E-state index < -0.39 is 0 Å². The van der Waals surface area contributed by atoms with E-state index in [4.69, 9.17) is 39.5 Å². The summed E-state index contributed by atoms with van der Waals surface area (Å²) in [4.78, 5) is 7.84. The summed E-state index contributed by atoms with van der Waals surface area (Å²) >= 11 is 17.9. The molecule has 6 heteroatoms. The standard InChI is InChI=1S/C19H11Cl3N2O/c20-12-3-8-17-18(9-12)24-19(23-17)11-1-4-13(5-2-11)25-14-6-7-15(21)16(22)10-14/h1-10H,(H,23,24). The van der Waals surface area contributed by atoms with Crippen LogP contribution in [0.2, 0.25) is 15.1 Å². The van der Waals surface area contributed by atoms with Crippen molar-refractivity contribution in [3.05, 3.63) is 75.7 Å². The van der Waals surface area contributed by atoms with Gasteiger partial charge in [-0.15, -0.1) is 0 Å². The van der Waals surface area contributed by atoms with E-state index in [1.54, 1.807) is 18.2 Å². The number of aromatic nitrogens is 2. The Labute approximate surface area is 159 Å². The fourth-order valence-electron chi connectivity index (χ4n) is 2.48. The molecule has 0 saturated heterocycles. The van der Waals surface area contributed by atoms with Crippen molar-refractivity contribution in [3.8, 4) is 22.9 Å². The normalized spacial score (nSPS) is 11.0. The van der Waals surface area contributed by atoms with Gasteiger partial charge in [0.2, 0.25) is 0 Å². The number of ether oxygens (including phenoxy) is 1. The van der Waals surface area contributed by atoms with Crippen molar-refractivity contribution < 1.29 is 4.74 Å². The topological polar surface area (TPSA) is 37.9 Å². The van der Waals surface area contributed by atoms with Crippen LogP contribution in [-0.2, 0) is 0 Å². The number of nitrogens with zero attached hydrogens (tertiary/aromatic N) is 1. The minimum absolute atomic E-state index is 0.455. The maximum Gasteiger partial charge on any atom is 0.138 e. The highest BCUT2D eigenvalue weighted by molar-refractivity contribution is 6.42. The lowest BCUT2D eigenvalue weighted by atomic mass is 10.2. The van der Waals surface area contributed by atoms with Crippen LogP contribution in [0.15, 0.2) is 60.7 Å². The van der Waals surface area contributed by atoms with Crippen LogP contribution >= 0.6 is 34.8 Å². The van der Waals surface area contributed by atoms with Gasteiger partial charge in [-0.1, -0.05) is 34.8 Å². The van der Waals surface area contributed by atoms with Gasteiger partial charge in [0.25, 0.3) is 0 Å². The summed E-state index contributed by atoms with van der Waals surface area (Å²) in [6, 6.07) is 18.3. The average Bonchev–Trinajstić information content (AvgIpc) is 3.02. The van der Waals surface area contributed by atoms with Gasteiger partial charge >= 0.3 is 0 Å². The summed E-state index contributed by atoms with van der Waals surface area (Å²) < 4.78 is 5.79. The molecule has 1 aromatic heterocycles. The predicted octanol–water partition coefficient (Wildman–Crippen LogP) is 6.98. The molecule has 124 valence electrons. The zero-order valence-electron chi connectivity index (χ0n) is 12.8. The lowest BCUT2D eigenvalue weighted by molar-refractivity contribution is 0.483. The summed E-state index contributed by atoms with van der Waals surface area (Å²) in [6.45, 7) is 0. The lowest BCUT2D eigenvalue weighted by Crippen LogP contribution is -1.85. The summed E-state index contributed by atoms with van der Waals surface area (Å²) in [6.07, 6.45) is 0. The molecule has 0 atom stereocenters. The molecule has 0 fully saturated rings. The van der Waals surface area contributed by atoms with Crippen LogP contribution in [0.4, 0.5) is 0 Å². The summed E-state index contributed by atoms with van der Waals surface area (Å²) in [7, 11) is 0. The van der Waals surface area contributed by atoms with Gasteiger partial charge in [0, 0.05) is 16.7 Å². The maximum absolute atomic E-state index is 6.01. The smallest absolute Gasteiger partial charge is 0.138 e. The molecule has 1 N–H and O–H groups in total. The lowest BCUT2D eigenvalue weighted by Gasteiger charge is -2.07. The number of nitrogens with one attached hydrogen (secondary N) is 1. The Morgan fingerprint density at radius 2 is 1.52 bits per heavy atom. The van der Waals surface area contributed by atoms with E-state index in [0.717, 1.165) is 22.4 Å². The molecule has 4 rings (SSSR count). The number of rotatable bonds is 3. The molecular formula is C19H11Cl3N2O. The van der Waals surface area contributed by atoms with E-state index in [9.17, 15) is 0 Å². The molecule has 3 aromatic carbocycles. The number of imidazole rings is 1. The number of hydrogen-bond acceptors (Lipinski definition) is 2. The Hall–Kier alpha value is -2.20. The summed E-state index contributed by atoms with van der Waals surface area (Å²) in [5.74, 6) is 2.10. The molecule has 0 aliphatic carbocycles. The maximum atomic E-state index is 6.01. The highest BCUT2D eigenvalue weighted by Gasteiger charge is 2.07. The average molecular weight is 390 g/mol. The number of benzene rings is 3. The quantitative estimate of drug-likeness (QED) is 0.410. The molecule has 0 unspecified atom stereocenters. The SMILES string of the molecule is Clc1ccc2nc(-c3ccc(Oc4ccc(Cl)c(Cl)c4)cc3)[nH]c2c1. The Balaban J connectivity index is 1.59. The summed E-state index contributed by atoms with van der Waals surface area (Å²) in [5.41, 5.74) is 2.72. The van der Waals surface area contributed by atoms with E-state index in [-0.39, 0.29) is 0 Å². The zero-order valence-corrected chi connectivity index (χ0v) is 15.0. The zero-order chi connectivity index (χ0) is 17.4. The van der Waals surface area contributed by atoms with Crippen molar-refractivity contribution in [2.45, 2.75) is 0 Å². The van der Waals surface area contributed by atoms with Gasteiger partial charge in [0.05, 0.1) is 21.1 Å².